The van der Waals surface area contributed by atoms with Crippen LogP contribution in [0.2, 0.25) is 0 Å². The average molecular weight is 404 g/mol. The first-order valence-electron chi connectivity index (χ1n) is 1.46. The molecule has 0 saturated heterocycles. The first kappa shape index (κ1) is 30.5. The summed E-state index contributed by atoms with van der Waals surface area (Å²) in [6.45, 7) is 0. The van der Waals surface area contributed by atoms with Gasteiger partial charge in [-0.15, -0.1) is 0 Å². The molecule has 64 valence electrons. The second kappa shape index (κ2) is 14.5. The molecule has 0 aromatic rings. The molecule has 0 unspecified atom stereocenters. The maximum absolute atomic E-state index is 8.61. The molecule has 0 aromatic carbocycles. The van der Waals surface area contributed by atoms with Gasteiger partial charge in [0, 0.05) is 0 Å². The monoisotopic (exact) mass is 404 g/mol. The Morgan fingerprint density at radius 1 is 0.615 bits per heavy atom. The van der Waals surface area contributed by atoms with Crippen LogP contribution in [0.3, 0.4) is 0 Å². The van der Waals surface area contributed by atoms with E-state index >= 15 is 0 Å². The third-order valence-corrected chi connectivity index (χ3v) is 0. The fourth-order valence-corrected chi connectivity index (χ4v) is 0. The summed E-state index contributed by atoms with van der Waals surface area (Å²) in [4.78, 5) is 0. The molecule has 0 radical (unpaired) electrons. The zero-order valence-corrected chi connectivity index (χ0v) is 18.2. The molecule has 13 heavy (non-hydrogen) atoms. The van der Waals surface area contributed by atoms with Gasteiger partial charge in [-0.2, -0.15) is 0 Å². The van der Waals surface area contributed by atoms with E-state index in [-0.39, 0.29) is 124 Å². The van der Waals surface area contributed by atoms with Gasteiger partial charge >= 0.3 is 186 Å². The van der Waals surface area contributed by atoms with E-state index in [0.29, 0.717) is 0 Å². The third-order valence-electron chi connectivity index (χ3n) is 0. The van der Waals surface area contributed by atoms with Crippen LogP contribution in [-0.2, 0) is 29.2 Å². The Bertz CT molecular complexity index is 132. The van der Waals surface area contributed by atoms with Crippen molar-refractivity contribution in [1.82, 2.24) is 0 Å². The molecule has 0 N–H and O–H groups in total. The Hall–Kier alpha value is 4.46. The minimum Gasteiger partial charge on any atom is 1.00 e. The summed E-state index contributed by atoms with van der Waals surface area (Å²) >= 11 is -11.8. The Labute approximate surface area is 180 Å². The fourth-order valence-electron chi connectivity index (χ4n) is 0. The second-order valence-corrected chi connectivity index (χ2v) is 4.65. The van der Waals surface area contributed by atoms with Gasteiger partial charge < -0.3 is 0 Å². The summed E-state index contributed by atoms with van der Waals surface area (Å²) in [5.74, 6) is 0. The van der Waals surface area contributed by atoms with Crippen LogP contribution in [-0.4, -0.2) is 29.0 Å². The van der Waals surface area contributed by atoms with Crippen LogP contribution in [0.4, 0.5) is 0 Å². The maximum atomic E-state index is 8.61. The Kier molecular flexibility index (Phi) is 34.0. The number of hydrogen-bond acceptors (Lipinski definition) is 8. The summed E-state index contributed by atoms with van der Waals surface area (Å²) < 4.78 is 68.9. The molecule has 13 heteroatoms. The molecular weight excluding hydrogens is 404 g/mol. The van der Waals surface area contributed by atoms with E-state index < -0.39 is 29.0 Å². The van der Waals surface area contributed by atoms with Gasteiger partial charge in [-0.05, 0) is 0 Å². The largest absolute Gasteiger partial charge is 4.00 e. The second-order valence-electron chi connectivity index (χ2n) is 0.894. The van der Waals surface area contributed by atoms with Crippen LogP contribution in [0.25, 0.3) is 0 Å². The maximum Gasteiger partial charge on any atom is 4.00 e. The standard InChI is InChI=1S/2AsH3O4.2K.Ti/c2*2-1(3,4)5;;;/h2*(H3,2,3,4,5);;;/q;;2*+1;+4/p-6. The van der Waals surface area contributed by atoms with E-state index in [2.05, 4.69) is 0 Å². The predicted octanol–water partition coefficient (Wildman–Crippen LogP) is -14.1. The molecular formula is As2K2O8Ti. The van der Waals surface area contributed by atoms with Gasteiger partial charge in [0.15, 0.2) is 0 Å². The normalized spacial score (nSPS) is 9.08. The van der Waals surface area contributed by atoms with Gasteiger partial charge in [0.1, 0.15) is 0 Å². The summed E-state index contributed by atoms with van der Waals surface area (Å²) in [7, 11) is 0. The molecule has 0 saturated carbocycles. The molecule has 0 atom stereocenters. The van der Waals surface area contributed by atoms with Crippen molar-refractivity contribution in [3.05, 3.63) is 0 Å². The van der Waals surface area contributed by atoms with E-state index in [1.807, 2.05) is 0 Å². The molecule has 0 aliphatic carbocycles. The minimum absolute atomic E-state index is 0. The van der Waals surface area contributed by atoms with Crippen LogP contribution in [0.15, 0.2) is 0 Å². The molecule has 0 heterocycles. The number of rotatable bonds is 0. The van der Waals surface area contributed by atoms with Crippen molar-refractivity contribution < 1.29 is 157 Å². The summed E-state index contributed by atoms with van der Waals surface area (Å²) in [5, 5.41) is 0. The minimum atomic E-state index is -5.88. The van der Waals surface area contributed by atoms with Crippen LogP contribution >= 0.6 is 0 Å². The first-order chi connectivity index (χ1) is 4.00. The van der Waals surface area contributed by atoms with Crippen LogP contribution < -0.4 is 127 Å². The van der Waals surface area contributed by atoms with Gasteiger partial charge in [-0.25, -0.2) is 0 Å². The third kappa shape index (κ3) is 173. The summed E-state index contributed by atoms with van der Waals surface area (Å²) in [5.41, 5.74) is 0. The van der Waals surface area contributed by atoms with Crippen LogP contribution in [0, 0.1) is 0 Å². The predicted molar refractivity (Wildman–Crippen MR) is 12.9 cm³/mol. The Morgan fingerprint density at radius 2 is 0.615 bits per heavy atom. The molecule has 0 aliphatic rings. The van der Waals surface area contributed by atoms with E-state index in [0.717, 1.165) is 0 Å². The first-order valence-corrected chi connectivity index (χ1v) is 7.59. The van der Waals surface area contributed by atoms with Crippen LogP contribution in [0.1, 0.15) is 0 Å². The van der Waals surface area contributed by atoms with Gasteiger partial charge in [-0.1, -0.05) is 0 Å². The SMILES string of the molecule is O=[As]([O-])([O-])[O-].O=[As]([O-])([O-])[O-].[K+].[K+].[Ti+4]. The van der Waals surface area contributed by atoms with Crippen molar-refractivity contribution in [2.75, 3.05) is 0 Å². The molecule has 0 amide bonds. The molecule has 8 nitrogen and oxygen atoms in total. The van der Waals surface area contributed by atoms with E-state index in [9.17, 15) is 0 Å². The van der Waals surface area contributed by atoms with Crippen molar-refractivity contribution in [3.63, 3.8) is 0 Å². The van der Waals surface area contributed by atoms with E-state index in [4.69, 9.17) is 32.1 Å². The zero-order valence-electron chi connectivity index (χ0n) is 6.66. The van der Waals surface area contributed by atoms with Gasteiger partial charge in [0.05, 0.1) is 0 Å². The van der Waals surface area contributed by atoms with Crippen molar-refractivity contribution in [2.45, 2.75) is 0 Å². The number of hydrogen-bond donors (Lipinski definition) is 0. The molecule has 0 aliphatic heterocycles. The smallest absolute Gasteiger partial charge is 1.00 e. The van der Waals surface area contributed by atoms with Crippen molar-refractivity contribution >= 4 is 29.0 Å². The van der Waals surface area contributed by atoms with Crippen LogP contribution in [0.5, 0.6) is 0 Å². The fraction of sp³-hybridized carbons (Fsp3) is 0. The average Bonchev–Trinajstić information content (AvgIpc) is 1.12. The topological polar surface area (TPSA) is 172 Å². The quantitative estimate of drug-likeness (QED) is 0.358. The molecule has 0 aromatic heterocycles. The van der Waals surface area contributed by atoms with Gasteiger partial charge in [0.2, 0.25) is 0 Å². The van der Waals surface area contributed by atoms with Crippen molar-refractivity contribution in [2.24, 2.45) is 0 Å². The van der Waals surface area contributed by atoms with Gasteiger partial charge in [0.25, 0.3) is 0 Å². The molecule has 0 spiro atoms. The Balaban J connectivity index is -0.0000000267. The summed E-state index contributed by atoms with van der Waals surface area (Å²) in [6, 6.07) is 0. The van der Waals surface area contributed by atoms with E-state index in [1.165, 1.54) is 0 Å². The van der Waals surface area contributed by atoms with Crippen molar-refractivity contribution in [1.29, 1.82) is 0 Å². The van der Waals surface area contributed by atoms with Crippen molar-refractivity contribution in [3.8, 4) is 0 Å². The van der Waals surface area contributed by atoms with Gasteiger partial charge in [-0.3, -0.25) is 0 Å². The molecule has 0 rings (SSSR count). The van der Waals surface area contributed by atoms with E-state index in [1.54, 1.807) is 0 Å². The molecule has 0 bridgehead atoms. The Morgan fingerprint density at radius 3 is 0.615 bits per heavy atom. The summed E-state index contributed by atoms with van der Waals surface area (Å²) in [6.07, 6.45) is 0. The molecule has 0 fully saturated rings. The zero-order chi connectivity index (χ0) is 9.00.